The minimum absolute atomic E-state index is 0.0703. The average molecular weight is 628 g/mol. The van der Waals surface area contributed by atoms with Crippen LogP contribution in [0.5, 0.6) is 17.2 Å². The number of hydrogen-bond acceptors (Lipinski definition) is 11. The largest absolute Gasteiger partial charge is 0.508 e. The molecule has 0 unspecified atom stereocenters. The van der Waals surface area contributed by atoms with E-state index >= 15 is 4.39 Å². The number of halogens is 1. The quantitative estimate of drug-likeness (QED) is 0.226. The molecule has 0 radical (unpaired) electrons. The number of nitrogens with zero attached hydrogens (tertiary/aromatic N) is 4. The highest BCUT2D eigenvalue weighted by Gasteiger charge is 2.23. The van der Waals surface area contributed by atoms with Gasteiger partial charge in [0.1, 0.15) is 27.4 Å². The number of methoxy groups -OCH3 is 1. The zero-order chi connectivity index (χ0) is 30.6. The van der Waals surface area contributed by atoms with Crippen LogP contribution in [0.15, 0.2) is 48.7 Å². The van der Waals surface area contributed by atoms with Gasteiger partial charge < -0.3 is 24.8 Å². The lowest BCUT2D eigenvalue weighted by Crippen LogP contribution is -2.40. The summed E-state index contributed by atoms with van der Waals surface area (Å²) in [6, 6.07) is 11.4. The summed E-state index contributed by atoms with van der Waals surface area (Å²) < 4.78 is 49.2. The Kier molecular flexibility index (Phi) is 9.43. The normalized spacial score (nSPS) is 14.5. The van der Waals surface area contributed by atoms with Crippen molar-refractivity contribution in [3.05, 3.63) is 59.5 Å². The Bertz CT molecular complexity index is 1690. The Hall–Kier alpha value is -3.81. The Morgan fingerprint density at radius 1 is 1.14 bits per heavy atom. The van der Waals surface area contributed by atoms with Crippen molar-refractivity contribution in [1.82, 2.24) is 19.9 Å². The molecule has 1 saturated heterocycles. The van der Waals surface area contributed by atoms with Crippen molar-refractivity contribution >= 4 is 32.8 Å². The summed E-state index contributed by atoms with van der Waals surface area (Å²) in [5.41, 5.74) is 2.48. The first-order chi connectivity index (χ1) is 20.6. The van der Waals surface area contributed by atoms with E-state index in [2.05, 4.69) is 20.2 Å². The number of aromatic hydroxyl groups is 1. The summed E-state index contributed by atoms with van der Waals surface area (Å²) in [6.45, 7) is 3.93. The zero-order valence-electron chi connectivity index (χ0n) is 24.2. The van der Waals surface area contributed by atoms with Gasteiger partial charge in [0.2, 0.25) is 5.95 Å². The smallest absolute Gasteiger partial charge is 0.227 e. The number of sulfone groups is 1. The summed E-state index contributed by atoms with van der Waals surface area (Å²) in [5.74, 6) is 0.667. The predicted octanol–water partition coefficient (Wildman–Crippen LogP) is 5.31. The van der Waals surface area contributed by atoms with Gasteiger partial charge >= 0.3 is 0 Å². The number of benzene rings is 2. The highest BCUT2D eigenvalue weighted by atomic mass is 32.2. The van der Waals surface area contributed by atoms with Gasteiger partial charge in [0.05, 0.1) is 34.1 Å². The third-order valence-corrected chi connectivity index (χ3v) is 9.20. The second-order valence-electron chi connectivity index (χ2n) is 10.4. The van der Waals surface area contributed by atoms with E-state index in [0.29, 0.717) is 60.9 Å². The van der Waals surface area contributed by atoms with Gasteiger partial charge in [-0.15, -0.1) is 11.3 Å². The first-order valence-electron chi connectivity index (χ1n) is 13.9. The van der Waals surface area contributed by atoms with E-state index in [-0.39, 0.29) is 29.3 Å². The highest BCUT2D eigenvalue weighted by Crippen LogP contribution is 2.39. The second kappa shape index (κ2) is 13.2. The van der Waals surface area contributed by atoms with Crippen molar-refractivity contribution in [3.8, 4) is 39.1 Å². The van der Waals surface area contributed by atoms with Gasteiger partial charge in [-0.2, -0.15) is 0 Å². The molecule has 10 nitrogen and oxygen atoms in total. The molecule has 43 heavy (non-hydrogen) atoms. The lowest BCUT2D eigenvalue weighted by molar-refractivity contribution is 0.100. The summed E-state index contributed by atoms with van der Waals surface area (Å²) in [4.78, 5) is 16.7. The van der Waals surface area contributed by atoms with Gasteiger partial charge in [0.15, 0.2) is 11.6 Å². The van der Waals surface area contributed by atoms with Crippen molar-refractivity contribution in [2.45, 2.75) is 32.3 Å². The van der Waals surface area contributed by atoms with Crippen LogP contribution in [0.3, 0.4) is 0 Å². The number of nitrogens with one attached hydrogen (secondary N) is 1. The number of ether oxygens (including phenoxy) is 2. The summed E-state index contributed by atoms with van der Waals surface area (Å²) >= 11 is 1.51. The van der Waals surface area contributed by atoms with Gasteiger partial charge in [-0.3, -0.25) is 0 Å². The molecule has 228 valence electrons. The van der Waals surface area contributed by atoms with Crippen LogP contribution in [0, 0.1) is 5.82 Å². The molecule has 13 heteroatoms. The minimum Gasteiger partial charge on any atom is -0.508 e. The zero-order valence-corrected chi connectivity index (χ0v) is 25.8. The Balaban J connectivity index is 1.28. The molecule has 2 aromatic heterocycles. The molecule has 1 fully saturated rings. The molecular formula is C30H34FN5O5S2. The number of phenolic OH excluding ortho intramolecular Hbond substituents is 1. The fourth-order valence-corrected chi connectivity index (χ4v) is 6.38. The van der Waals surface area contributed by atoms with Gasteiger partial charge in [-0.25, -0.2) is 27.8 Å². The maximum atomic E-state index is 15.0. The van der Waals surface area contributed by atoms with E-state index in [1.165, 1.54) is 36.8 Å². The van der Waals surface area contributed by atoms with Gasteiger partial charge in [0, 0.05) is 55.5 Å². The lowest BCUT2D eigenvalue weighted by atomic mass is 10.1. The molecule has 4 aromatic rings. The fraction of sp³-hybridized carbons (Fsp3) is 0.367. The molecule has 2 aromatic carbocycles. The van der Waals surface area contributed by atoms with E-state index in [9.17, 15) is 13.5 Å². The molecule has 3 heterocycles. The lowest BCUT2D eigenvalue weighted by Gasteiger charge is -2.32. The number of anilines is 2. The van der Waals surface area contributed by atoms with Gasteiger partial charge in [-0.1, -0.05) is 6.92 Å². The monoisotopic (exact) mass is 627 g/mol. The van der Waals surface area contributed by atoms with E-state index in [4.69, 9.17) is 14.5 Å². The fourth-order valence-electron chi connectivity index (χ4n) is 4.80. The maximum absolute atomic E-state index is 15.0. The van der Waals surface area contributed by atoms with Crippen LogP contribution in [-0.2, 0) is 16.3 Å². The molecule has 0 amide bonds. The van der Waals surface area contributed by atoms with Crippen molar-refractivity contribution in [2.75, 3.05) is 44.1 Å². The number of aromatic nitrogens is 3. The van der Waals surface area contributed by atoms with Crippen molar-refractivity contribution in [1.29, 1.82) is 0 Å². The molecular weight excluding hydrogens is 593 g/mol. The molecule has 0 spiro atoms. The molecule has 1 aliphatic heterocycles. The van der Waals surface area contributed by atoms with Crippen LogP contribution in [0.4, 0.5) is 16.0 Å². The van der Waals surface area contributed by atoms with Crippen LogP contribution >= 0.6 is 11.3 Å². The standard InChI is InChI=1S/C30H34FN5O5S2/c1-4-27-35-28(19-15-21(37)18-23(16-19)40-2)29(42-27)25-7-10-32-30(34-25)33-20-5-6-26(24(31)17-20)41-22-8-11-36(12-9-22)13-14-43(3,38)39/h5-7,10,15-18,22,37H,4,8-9,11-14H2,1-3H3,(H,32,33,34). The molecule has 1 aliphatic rings. The number of aryl methyl sites for hydroxylation is 1. The minimum atomic E-state index is -3.00. The Labute approximate surface area is 254 Å². The van der Waals surface area contributed by atoms with Gasteiger partial charge in [0.25, 0.3) is 0 Å². The second-order valence-corrected chi connectivity index (χ2v) is 13.7. The topological polar surface area (TPSA) is 127 Å². The summed E-state index contributed by atoms with van der Waals surface area (Å²) in [7, 11) is -1.47. The average Bonchev–Trinajstić information content (AvgIpc) is 3.42. The van der Waals surface area contributed by atoms with Crippen LogP contribution in [0.2, 0.25) is 0 Å². The molecule has 0 bridgehead atoms. The van der Waals surface area contributed by atoms with Crippen LogP contribution in [0.25, 0.3) is 21.8 Å². The molecule has 5 rings (SSSR count). The van der Waals surface area contributed by atoms with Crippen molar-refractivity contribution < 1.29 is 27.4 Å². The number of likely N-dealkylation sites (tertiary alicyclic amines) is 1. The van der Waals surface area contributed by atoms with Crippen LogP contribution in [0.1, 0.15) is 24.8 Å². The molecule has 0 saturated carbocycles. The SMILES string of the molecule is CCc1nc(-c2cc(O)cc(OC)c2)c(-c2ccnc(Nc3ccc(OC4CCN(CCS(C)(=O)=O)CC4)c(F)c3)n2)s1. The van der Waals surface area contributed by atoms with Crippen molar-refractivity contribution in [3.63, 3.8) is 0 Å². The van der Waals surface area contributed by atoms with Crippen molar-refractivity contribution in [2.24, 2.45) is 0 Å². The molecule has 0 atom stereocenters. The first-order valence-corrected chi connectivity index (χ1v) is 16.8. The van der Waals surface area contributed by atoms with Crippen LogP contribution in [-0.4, -0.2) is 78.2 Å². The van der Waals surface area contributed by atoms with E-state index < -0.39 is 15.7 Å². The van der Waals surface area contributed by atoms with Crippen LogP contribution < -0.4 is 14.8 Å². The molecule has 0 aliphatic carbocycles. The van der Waals surface area contributed by atoms with Gasteiger partial charge in [-0.05, 0) is 49.6 Å². The maximum Gasteiger partial charge on any atom is 0.227 e. The third kappa shape index (κ3) is 7.98. The third-order valence-electron chi connectivity index (χ3n) is 7.06. The van der Waals surface area contributed by atoms with E-state index in [1.54, 1.807) is 30.5 Å². The Morgan fingerprint density at radius 3 is 2.63 bits per heavy atom. The molecule has 2 N–H and O–H groups in total. The number of thiazole rings is 1. The number of hydrogen-bond donors (Lipinski definition) is 2. The summed E-state index contributed by atoms with van der Waals surface area (Å²) in [5, 5.41) is 14.2. The number of piperidine rings is 1. The highest BCUT2D eigenvalue weighted by molar-refractivity contribution is 7.90. The first kappa shape index (κ1) is 30.6. The van der Waals surface area contributed by atoms with E-state index in [0.717, 1.165) is 16.3 Å². The predicted molar refractivity (Wildman–Crippen MR) is 166 cm³/mol. The number of rotatable bonds is 11. The van der Waals surface area contributed by atoms with E-state index in [1.807, 2.05) is 13.0 Å². The number of phenols is 1. The summed E-state index contributed by atoms with van der Waals surface area (Å²) in [6.07, 6.45) is 4.84. The Morgan fingerprint density at radius 2 is 1.93 bits per heavy atom.